The molecule has 1 N–H and O–H groups in total. The number of rotatable bonds is 4. The Morgan fingerprint density at radius 1 is 1.32 bits per heavy atom. The summed E-state index contributed by atoms with van der Waals surface area (Å²) >= 11 is 0. The van der Waals surface area contributed by atoms with Crippen LogP contribution in [0.4, 0.5) is 11.7 Å². The minimum atomic E-state index is 0.597. The van der Waals surface area contributed by atoms with Crippen LogP contribution in [-0.2, 0) is 13.0 Å². The van der Waals surface area contributed by atoms with Crippen molar-refractivity contribution >= 4 is 11.7 Å². The first-order chi connectivity index (χ1) is 9.38. The monoisotopic (exact) mass is 258 g/mol. The predicted molar refractivity (Wildman–Crippen MR) is 73.4 cm³/mol. The molecular weight excluding hydrogens is 240 g/mol. The van der Waals surface area contributed by atoms with Crippen molar-refractivity contribution in [2.75, 3.05) is 18.0 Å². The molecule has 0 atom stereocenters. The number of benzene rings is 1. The van der Waals surface area contributed by atoms with Gasteiger partial charge in [0, 0.05) is 12.2 Å². The van der Waals surface area contributed by atoms with Gasteiger partial charge in [-0.15, -0.1) is 5.10 Å². The molecule has 3 rings (SSSR count). The molecule has 0 radical (unpaired) electrons. The van der Waals surface area contributed by atoms with Gasteiger partial charge in [-0.1, -0.05) is 30.2 Å². The summed E-state index contributed by atoms with van der Waals surface area (Å²) in [6, 6.07) is 9.00. The maximum atomic E-state index is 5.72. The first-order valence-electron chi connectivity index (χ1n) is 6.77. The van der Waals surface area contributed by atoms with E-state index >= 15 is 0 Å². The lowest BCUT2D eigenvalue weighted by atomic mass is 10.0. The molecule has 0 saturated carbocycles. The van der Waals surface area contributed by atoms with E-state index in [1.807, 2.05) is 6.07 Å². The second-order valence-corrected chi connectivity index (χ2v) is 4.64. The van der Waals surface area contributed by atoms with Crippen LogP contribution in [0.1, 0.15) is 24.8 Å². The van der Waals surface area contributed by atoms with Gasteiger partial charge in [0.2, 0.25) is 5.89 Å². The van der Waals surface area contributed by atoms with Gasteiger partial charge >= 0.3 is 6.01 Å². The zero-order chi connectivity index (χ0) is 13.1. The molecule has 1 aliphatic heterocycles. The van der Waals surface area contributed by atoms with Crippen LogP contribution in [0.2, 0.25) is 0 Å². The van der Waals surface area contributed by atoms with Crippen molar-refractivity contribution in [3.63, 3.8) is 0 Å². The SMILES string of the molecule is CCNCc1nnc(N2CCCc3ccccc32)o1. The van der Waals surface area contributed by atoms with E-state index in [1.165, 1.54) is 11.3 Å². The van der Waals surface area contributed by atoms with Crippen molar-refractivity contribution in [2.24, 2.45) is 0 Å². The molecule has 2 heterocycles. The third kappa shape index (κ3) is 2.46. The summed E-state index contributed by atoms with van der Waals surface area (Å²) in [6.07, 6.45) is 2.23. The lowest BCUT2D eigenvalue weighted by Gasteiger charge is -2.27. The van der Waals surface area contributed by atoms with Gasteiger partial charge in [-0.2, -0.15) is 0 Å². The highest BCUT2D eigenvalue weighted by atomic mass is 16.4. The quantitative estimate of drug-likeness (QED) is 0.911. The molecule has 19 heavy (non-hydrogen) atoms. The van der Waals surface area contributed by atoms with Crippen molar-refractivity contribution in [2.45, 2.75) is 26.3 Å². The Kier molecular flexibility index (Phi) is 3.46. The highest BCUT2D eigenvalue weighted by Gasteiger charge is 2.22. The van der Waals surface area contributed by atoms with Gasteiger partial charge in [-0.05, 0) is 31.0 Å². The summed E-state index contributed by atoms with van der Waals surface area (Å²) < 4.78 is 5.72. The molecule has 1 aromatic heterocycles. The average molecular weight is 258 g/mol. The number of nitrogens with one attached hydrogen (secondary N) is 1. The maximum Gasteiger partial charge on any atom is 0.322 e. The number of hydrogen-bond acceptors (Lipinski definition) is 5. The largest absolute Gasteiger partial charge is 0.406 e. The van der Waals surface area contributed by atoms with Gasteiger partial charge in [0.1, 0.15) is 0 Å². The minimum Gasteiger partial charge on any atom is -0.406 e. The zero-order valence-corrected chi connectivity index (χ0v) is 11.1. The fourth-order valence-corrected chi connectivity index (χ4v) is 2.39. The van der Waals surface area contributed by atoms with Crippen molar-refractivity contribution in [3.8, 4) is 0 Å². The summed E-state index contributed by atoms with van der Waals surface area (Å²) in [5.74, 6) is 0.639. The summed E-state index contributed by atoms with van der Waals surface area (Å²) in [5, 5.41) is 11.4. The van der Waals surface area contributed by atoms with Crippen LogP contribution in [-0.4, -0.2) is 23.3 Å². The molecule has 0 spiro atoms. The van der Waals surface area contributed by atoms with Crippen LogP contribution in [0, 0.1) is 0 Å². The first kappa shape index (κ1) is 12.2. The Labute approximate surface area is 112 Å². The lowest BCUT2D eigenvalue weighted by molar-refractivity contribution is 0.470. The van der Waals surface area contributed by atoms with E-state index in [2.05, 4.69) is 45.5 Å². The summed E-state index contributed by atoms with van der Waals surface area (Å²) in [7, 11) is 0. The molecule has 5 heteroatoms. The van der Waals surface area contributed by atoms with E-state index in [1.54, 1.807) is 0 Å². The van der Waals surface area contributed by atoms with Crippen LogP contribution in [0.5, 0.6) is 0 Å². The Morgan fingerprint density at radius 2 is 2.21 bits per heavy atom. The van der Waals surface area contributed by atoms with Crippen molar-refractivity contribution in [1.29, 1.82) is 0 Å². The van der Waals surface area contributed by atoms with Gasteiger partial charge in [0.05, 0.1) is 6.54 Å². The molecule has 0 saturated heterocycles. The van der Waals surface area contributed by atoms with E-state index in [4.69, 9.17) is 4.42 Å². The number of nitrogens with zero attached hydrogens (tertiary/aromatic N) is 3. The number of para-hydroxylation sites is 1. The van der Waals surface area contributed by atoms with E-state index < -0.39 is 0 Å². The van der Waals surface area contributed by atoms with Crippen LogP contribution >= 0.6 is 0 Å². The lowest BCUT2D eigenvalue weighted by Crippen LogP contribution is -2.24. The van der Waals surface area contributed by atoms with E-state index in [9.17, 15) is 0 Å². The normalized spacial score (nSPS) is 14.5. The number of aryl methyl sites for hydroxylation is 1. The molecule has 0 bridgehead atoms. The van der Waals surface area contributed by atoms with Crippen molar-refractivity contribution in [1.82, 2.24) is 15.5 Å². The third-order valence-electron chi connectivity index (χ3n) is 3.32. The molecule has 0 fully saturated rings. The summed E-state index contributed by atoms with van der Waals surface area (Å²) in [5.41, 5.74) is 2.53. The fourth-order valence-electron chi connectivity index (χ4n) is 2.39. The Bertz CT molecular complexity index is 552. The van der Waals surface area contributed by atoms with Gasteiger partial charge in [0.25, 0.3) is 0 Å². The molecule has 0 aliphatic carbocycles. The molecule has 0 amide bonds. The van der Waals surface area contributed by atoms with Gasteiger partial charge in [-0.25, -0.2) is 0 Å². The Hall–Kier alpha value is -1.88. The summed E-state index contributed by atoms with van der Waals surface area (Å²) in [4.78, 5) is 2.11. The topological polar surface area (TPSA) is 54.2 Å². The number of aromatic nitrogens is 2. The third-order valence-corrected chi connectivity index (χ3v) is 3.32. The maximum absolute atomic E-state index is 5.72. The molecule has 2 aromatic rings. The van der Waals surface area contributed by atoms with Crippen molar-refractivity contribution < 1.29 is 4.42 Å². The van der Waals surface area contributed by atoms with Crippen LogP contribution in [0.25, 0.3) is 0 Å². The van der Waals surface area contributed by atoms with E-state index in [-0.39, 0.29) is 0 Å². The predicted octanol–water partition coefficient (Wildman–Crippen LogP) is 2.26. The molecule has 0 unspecified atom stereocenters. The van der Waals surface area contributed by atoms with Crippen LogP contribution in [0.15, 0.2) is 28.7 Å². The van der Waals surface area contributed by atoms with E-state index in [0.29, 0.717) is 18.5 Å². The number of anilines is 2. The summed E-state index contributed by atoms with van der Waals surface area (Å²) in [6.45, 7) is 4.50. The minimum absolute atomic E-state index is 0.597. The second-order valence-electron chi connectivity index (χ2n) is 4.64. The molecular formula is C14H18N4O. The Balaban J connectivity index is 1.85. The first-order valence-corrected chi connectivity index (χ1v) is 6.77. The second kappa shape index (κ2) is 5.40. The van der Waals surface area contributed by atoms with Gasteiger partial charge in [-0.3, -0.25) is 4.90 Å². The highest BCUT2D eigenvalue weighted by molar-refractivity contribution is 5.62. The Morgan fingerprint density at radius 3 is 3.11 bits per heavy atom. The van der Waals surface area contributed by atoms with Crippen molar-refractivity contribution in [3.05, 3.63) is 35.7 Å². The molecule has 1 aromatic carbocycles. The van der Waals surface area contributed by atoms with Gasteiger partial charge in [0.15, 0.2) is 0 Å². The highest BCUT2D eigenvalue weighted by Crippen LogP contribution is 2.32. The molecule has 100 valence electrons. The molecule has 5 nitrogen and oxygen atoms in total. The van der Waals surface area contributed by atoms with Crippen LogP contribution < -0.4 is 10.2 Å². The average Bonchev–Trinajstić information content (AvgIpc) is 2.93. The van der Waals surface area contributed by atoms with Crippen LogP contribution in [0.3, 0.4) is 0 Å². The zero-order valence-electron chi connectivity index (χ0n) is 11.1. The molecule has 1 aliphatic rings. The fraction of sp³-hybridized carbons (Fsp3) is 0.429. The number of hydrogen-bond donors (Lipinski definition) is 1. The number of fused-ring (bicyclic) bond motifs is 1. The van der Waals surface area contributed by atoms with E-state index in [0.717, 1.165) is 25.9 Å². The smallest absolute Gasteiger partial charge is 0.322 e. The standard InChI is InChI=1S/C14H18N4O/c1-2-15-10-13-16-17-14(19-13)18-9-5-7-11-6-3-4-8-12(11)18/h3-4,6,8,15H,2,5,7,9-10H2,1H3. The van der Waals surface area contributed by atoms with Gasteiger partial charge < -0.3 is 9.73 Å².